The number of rotatable bonds is 3. The van der Waals surface area contributed by atoms with E-state index in [4.69, 9.17) is 31.3 Å². The summed E-state index contributed by atoms with van der Waals surface area (Å²) in [7, 11) is 0. The fraction of sp³-hybridized carbons (Fsp3) is 0.200. The molecule has 0 aliphatic heterocycles. The zero-order valence-electron chi connectivity index (χ0n) is 10.0. The largest absolute Gasteiger partial charge is 0.506 e. The van der Waals surface area contributed by atoms with Crippen molar-refractivity contribution in [1.82, 2.24) is 0 Å². The van der Waals surface area contributed by atoms with E-state index in [0.717, 1.165) is 0 Å². The van der Waals surface area contributed by atoms with Crippen molar-refractivity contribution in [2.24, 2.45) is 0 Å². The van der Waals surface area contributed by atoms with Crippen LogP contribution in [0.5, 0.6) is 5.75 Å². The Hall–Kier alpha value is -1.54. The van der Waals surface area contributed by atoms with Gasteiger partial charge in [-0.1, -0.05) is 12.1 Å². The first-order chi connectivity index (χ1) is 8.27. The number of aliphatic hydroxyl groups excluding tert-OH is 2. The number of phenolic OH excluding ortho intramolecular Hbond substituents is 1. The number of nitrogen functional groups attached to an aromatic ring is 1. The van der Waals surface area contributed by atoms with Crippen LogP contribution >= 0.6 is 0 Å². The molecule has 0 heterocycles. The van der Waals surface area contributed by atoms with E-state index in [1.165, 1.54) is 0 Å². The van der Waals surface area contributed by atoms with Gasteiger partial charge in [0.05, 0.1) is 5.69 Å². The second-order valence-electron chi connectivity index (χ2n) is 3.12. The number of phenols is 1. The topological polar surface area (TPSA) is 193 Å². The van der Waals surface area contributed by atoms with Crippen molar-refractivity contribution in [2.45, 2.75) is 12.2 Å². The number of carboxylic acids is 2. The van der Waals surface area contributed by atoms with E-state index < -0.39 is 24.1 Å². The first-order valence-corrected chi connectivity index (χ1v) is 4.62. The molecule has 0 aliphatic rings. The summed E-state index contributed by atoms with van der Waals surface area (Å²) in [6, 6.07) is 6.70. The smallest absolute Gasteiger partial charge is 0.335 e. The van der Waals surface area contributed by atoms with Crippen LogP contribution in [-0.4, -0.2) is 79.6 Å². The van der Waals surface area contributed by atoms with E-state index in [9.17, 15) is 9.59 Å². The quantitative estimate of drug-likeness (QED) is 0.185. The van der Waals surface area contributed by atoms with Crippen molar-refractivity contribution < 1.29 is 40.6 Å². The van der Waals surface area contributed by atoms with Gasteiger partial charge in [-0.2, -0.15) is 0 Å². The predicted molar refractivity (Wildman–Crippen MR) is 69.2 cm³/mol. The molecule has 0 aromatic heterocycles. The molecule has 10 heteroatoms. The summed E-state index contributed by atoms with van der Waals surface area (Å²) in [6.45, 7) is 0. The van der Waals surface area contributed by atoms with Crippen molar-refractivity contribution in [2.75, 3.05) is 5.73 Å². The number of nitrogens with two attached hydrogens (primary N) is 1. The van der Waals surface area contributed by atoms with E-state index in [1.807, 2.05) is 0 Å². The third-order valence-corrected chi connectivity index (χ3v) is 1.74. The number of anilines is 1. The Kier molecular flexibility index (Phi) is 13.3. The molecule has 0 unspecified atom stereocenters. The second-order valence-corrected chi connectivity index (χ2v) is 3.12. The zero-order valence-corrected chi connectivity index (χ0v) is 12.6. The number of carboxylic acid groups (broad SMARTS) is 2. The molecule has 0 fully saturated rings. The Balaban J connectivity index is -0.000000266. The van der Waals surface area contributed by atoms with Gasteiger partial charge in [0.15, 0.2) is 12.2 Å². The van der Waals surface area contributed by atoms with E-state index in [1.54, 1.807) is 24.3 Å². The average Bonchev–Trinajstić information content (AvgIpc) is 2.31. The minimum atomic E-state index is -2.27. The standard InChI is InChI=1S/C6H7NO.C4H6O6.H2O.Sb/c7-5-3-1-2-4-6(5)8;5-1(3(7)8)2(6)4(9)10;;/h1-4,8H,7H2;1-2,5-6H,(H,7,8)(H,9,10);1H2;/t;1-,2+;;. The molecule has 0 saturated heterocycles. The fourth-order valence-electron chi connectivity index (χ4n) is 0.758. The van der Waals surface area contributed by atoms with Crippen molar-refractivity contribution in [3.05, 3.63) is 24.3 Å². The Labute approximate surface area is 131 Å². The molecule has 0 saturated carbocycles. The van der Waals surface area contributed by atoms with E-state index in [0.29, 0.717) is 5.69 Å². The molecule has 0 aliphatic carbocycles. The number of aromatic hydroxyl groups is 1. The summed E-state index contributed by atoms with van der Waals surface area (Å²) >= 11 is 0. The maximum atomic E-state index is 9.77. The van der Waals surface area contributed by atoms with Crippen molar-refractivity contribution >= 4 is 42.1 Å². The minimum absolute atomic E-state index is 0. The van der Waals surface area contributed by atoms with Crippen molar-refractivity contribution in [1.29, 1.82) is 0 Å². The van der Waals surface area contributed by atoms with Crippen LogP contribution in [0.3, 0.4) is 0 Å². The molecule has 113 valence electrons. The Morgan fingerprint density at radius 2 is 1.35 bits per heavy atom. The van der Waals surface area contributed by atoms with Crippen LogP contribution in [0.25, 0.3) is 0 Å². The molecule has 0 spiro atoms. The van der Waals surface area contributed by atoms with Gasteiger partial charge in [-0.05, 0) is 12.1 Å². The summed E-state index contributed by atoms with van der Waals surface area (Å²) in [5.41, 5.74) is 5.69. The Morgan fingerprint density at radius 3 is 1.55 bits per heavy atom. The molecule has 0 amide bonds. The monoisotopic (exact) mass is 398 g/mol. The second kappa shape index (κ2) is 11.3. The molecular weight excluding hydrogens is 384 g/mol. The van der Waals surface area contributed by atoms with Crippen LogP contribution in [0, 0.1) is 0 Å². The van der Waals surface area contributed by atoms with Gasteiger partial charge in [0.2, 0.25) is 0 Å². The van der Waals surface area contributed by atoms with Gasteiger partial charge in [0, 0.05) is 24.4 Å². The normalized spacial score (nSPS) is 11.5. The fourth-order valence-corrected chi connectivity index (χ4v) is 0.758. The van der Waals surface area contributed by atoms with Gasteiger partial charge < -0.3 is 36.7 Å². The maximum Gasteiger partial charge on any atom is 0.335 e. The number of hydrogen-bond acceptors (Lipinski definition) is 6. The summed E-state index contributed by atoms with van der Waals surface area (Å²) in [5, 5.41) is 41.3. The van der Waals surface area contributed by atoms with Gasteiger partial charge in [0.25, 0.3) is 0 Å². The molecule has 9 N–H and O–H groups in total. The predicted octanol–water partition coefficient (Wildman–Crippen LogP) is -2.35. The Bertz CT molecular complexity index is 388. The summed E-state index contributed by atoms with van der Waals surface area (Å²) in [4.78, 5) is 19.5. The van der Waals surface area contributed by atoms with Crippen molar-refractivity contribution in [3.8, 4) is 5.75 Å². The van der Waals surface area contributed by atoms with Crippen LogP contribution in [0.4, 0.5) is 5.69 Å². The number of aliphatic carboxylic acids is 2. The number of aliphatic hydroxyl groups is 2. The number of benzene rings is 1. The van der Waals surface area contributed by atoms with Gasteiger partial charge in [-0.3, -0.25) is 0 Å². The Morgan fingerprint density at radius 1 is 1.00 bits per heavy atom. The minimum Gasteiger partial charge on any atom is -0.506 e. The van der Waals surface area contributed by atoms with Crippen LogP contribution < -0.4 is 5.73 Å². The average molecular weight is 399 g/mol. The number of hydrogen-bond donors (Lipinski definition) is 6. The van der Waals surface area contributed by atoms with E-state index in [-0.39, 0.29) is 35.7 Å². The maximum absolute atomic E-state index is 9.77. The number of carbonyl (C=O) groups is 2. The molecule has 1 aromatic rings. The first-order valence-electron chi connectivity index (χ1n) is 4.62. The zero-order chi connectivity index (χ0) is 14.3. The third kappa shape index (κ3) is 8.54. The summed E-state index contributed by atoms with van der Waals surface area (Å²) in [6.07, 6.45) is -4.53. The van der Waals surface area contributed by atoms with Gasteiger partial charge in [-0.15, -0.1) is 0 Å². The summed E-state index contributed by atoms with van der Waals surface area (Å²) < 4.78 is 0. The third-order valence-electron chi connectivity index (χ3n) is 1.74. The summed E-state index contributed by atoms with van der Waals surface area (Å²) in [5.74, 6) is -3.39. The molecule has 0 bridgehead atoms. The van der Waals surface area contributed by atoms with Crippen LogP contribution in [0.15, 0.2) is 24.3 Å². The number of para-hydroxylation sites is 2. The van der Waals surface area contributed by atoms with Gasteiger partial charge in [-0.25, -0.2) is 9.59 Å². The van der Waals surface area contributed by atoms with E-state index >= 15 is 0 Å². The molecule has 20 heavy (non-hydrogen) atoms. The van der Waals surface area contributed by atoms with Gasteiger partial charge in [0.1, 0.15) is 5.75 Å². The molecule has 1 rings (SSSR count). The molecule has 1 aromatic carbocycles. The molecule has 9 nitrogen and oxygen atoms in total. The molecular formula is C10H15NO8Sb. The SMILES string of the molecule is Nc1ccccc1O.O.O=C(O)[C@@H](O)[C@@H](O)C(=O)O.[Sb]. The van der Waals surface area contributed by atoms with Gasteiger partial charge >= 0.3 is 11.9 Å². The van der Waals surface area contributed by atoms with E-state index in [2.05, 4.69) is 0 Å². The van der Waals surface area contributed by atoms with Crippen LogP contribution in [0.2, 0.25) is 0 Å². The van der Waals surface area contributed by atoms with Crippen LogP contribution in [-0.2, 0) is 9.59 Å². The van der Waals surface area contributed by atoms with Crippen molar-refractivity contribution in [3.63, 3.8) is 0 Å². The first kappa shape index (κ1) is 23.5. The molecule has 3 radical (unpaired) electrons. The van der Waals surface area contributed by atoms with Crippen LogP contribution in [0.1, 0.15) is 0 Å². The molecule has 2 atom stereocenters.